The molecule has 0 spiro atoms. The van der Waals surface area contributed by atoms with E-state index in [0.29, 0.717) is 35.8 Å². The Hall–Kier alpha value is -3.52. The van der Waals surface area contributed by atoms with Crippen LogP contribution in [0.4, 0.5) is 19.7 Å². The molecular formula is C18H23FN6O6S. The van der Waals surface area contributed by atoms with Crippen LogP contribution in [0.1, 0.15) is 25.7 Å². The number of primary sulfonamides is 1. The summed E-state index contributed by atoms with van der Waals surface area (Å²) in [6.45, 7) is 0.647. The van der Waals surface area contributed by atoms with E-state index < -0.39 is 39.2 Å². The molecule has 0 radical (unpaired) electrons. The van der Waals surface area contributed by atoms with Crippen molar-refractivity contribution in [3.8, 4) is 0 Å². The minimum atomic E-state index is -3.79. The number of amides is 3. The number of nitrogens with zero attached hydrogens (tertiary/aromatic N) is 1. The van der Waals surface area contributed by atoms with Crippen molar-refractivity contribution in [1.29, 1.82) is 0 Å². The second kappa shape index (κ2) is 11.2. The van der Waals surface area contributed by atoms with Gasteiger partial charge in [0.05, 0.1) is 11.1 Å². The van der Waals surface area contributed by atoms with Gasteiger partial charge in [-0.1, -0.05) is 12.8 Å². The third-order valence-corrected chi connectivity index (χ3v) is 5.15. The number of sulfonamides is 1. The van der Waals surface area contributed by atoms with Gasteiger partial charge < -0.3 is 16.0 Å². The Labute approximate surface area is 182 Å². The Balaban J connectivity index is 1.59. The quantitative estimate of drug-likeness (QED) is 0.327. The van der Waals surface area contributed by atoms with Crippen LogP contribution in [0.2, 0.25) is 0 Å². The van der Waals surface area contributed by atoms with Crippen LogP contribution in [0.25, 0.3) is 0 Å². The fraction of sp³-hybridized carbons (Fsp3) is 0.333. The molecule has 6 N–H and O–H groups in total. The first-order valence-electron chi connectivity index (χ1n) is 9.55. The van der Waals surface area contributed by atoms with Crippen molar-refractivity contribution >= 4 is 27.8 Å². The number of hydrogen-bond donors (Lipinski definition) is 5. The lowest BCUT2D eigenvalue weighted by molar-refractivity contribution is 0.240. The molecule has 0 aliphatic heterocycles. The second-order valence-corrected chi connectivity index (χ2v) is 8.26. The first kappa shape index (κ1) is 24.7. The Bertz CT molecular complexity index is 1180. The standard InChI is InChI=1S/C18H23FN6O6S/c19-14-11-25(18(29)24-15(14)26)17(28)22-10-4-2-1-3-9-21-16(27)23-12-5-7-13(8-6-12)32(20,30)31/h5-8,11H,1-4,9-10H2,(H,22,28)(H2,20,30,31)(H2,21,23,27)(H,24,26,29). The number of unbranched alkanes of at least 4 members (excludes halogenated alkanes) is 3. The number of nitrogens with one attached hydrogen (secondary N) is 4. The number of hydrogen-bond acceptors (Lipinski definition) is 6. The van der Waals surface area contributed by atoms with E-state index in [-0.39, 0.29) is 11.4 Å². The van der Waals surface area contributed by atoms with Crippen LogP contribution >= 0.6 is 0 Å². The number of benzene rings is 1. The van der Waals surface area contributed by atoms with E-state index in [1.54, 1.807) is 4.98 Å². The molecule has 0 aliphatic carbocycles. The van der Waals surface area contributed by atoms with Crippen LogP contribution in [0.3, 0.4) is 0 Å². The van der Waals surface area contributed by atoms with Crippen molar-refractivity contribution in [2.24, 2.45) is 5.14 Å². The maximum Gasteiger partial charge on any atom is 0.336 e. The Morgan fingerprint density at radius 3 is 2.19 bits per heavy atom. The van der Waals surface area contributed by atoms with Crippen LogP contribution in [0.5, 0.6) is 0 Å². The predicted octanol–water partition coefficient (Wildman–Crippen LogP) is 0.263. The topological polar surface area (TPSA) is 185 Å². The zero-order valence-electron chi connectivity index (χ0n) is 16.9. The summed E-state index contributed by atoms with van der Waals surface area (Å²) in [6, 6.07) is 4.12. The zero-order chi connectivity index (χ0) is 23.7. The number of rotatable bonds is 9. The van der Waals surface area contributed by atoms with E-state index in [2.05, 4.69) is 16.0 Å². The third-order valence-electron chi connectivity index (χ3n) is 4.22. The zero-order valence-corrected chi connectivity index (χ0v) is 17.7. The van der Waals surface area contributed by atoms with Gasteiger partial charge >= 0.3 is 17.8 Å². The first-order chi connectivity index (χ1) is 15.1. The van der Waals surface area contributed by atoms with Gasteiger partial charge in [-0.2, -0.15) is 4.39 Å². The summed E-state index contributed by atoms with van der Waals surface area (Å²) in [5.41, 5.74) is -1.81. The van der Waals surface area contributed by atoms with E-state index in [9.17, 15) is 32.0 Å². The molecule has 0 atom stereocenters. The number of H-pyrrole nitrogens is 1. The maximum absolute atomic E-state index is 13.2. The summed E-state index contributed by atoms with van der Waals surface area (Å²) in [5, 5.41) is 12.7. The Morgan fingerprint density at radius 1 is 1.00 bits per heavy atom. The smallest absolute Gasteiger partial charge is 0.336 e. The van der Waals surface area contributed by atoms with Crippen molar-refractivity contribution in [1.82, 2.24) is 20.2 Å². The fourth-order valence-electron chi connectivity index (χ4n) is 2.59. The molecular weight excluding hydrogens is 447 g/mol. The van der Waals surface area contributed by atoms with Gasteiger partial charge in [0, 0.05) is 18.8 Å². The molecule has 2 aromatic rings. The first-order valence-corrected chi connectivity index (χ1v) is 11.1. The normalized spacial score (nSPS) is 11.1. The molecule has 0 unspecified atom stereocenters. The molecule has 2 rings (SSSR count). The summed E-state index contributed by atoms with van der Waals surface area (Å²) >= 11 is 0. The fourth-order valence-corrected chi connectivity index (χ4v) is 3.10. The highest BCUT2D eigenvalue weighted by Crippen LogP contribution is 2.12. The molecule has 0 saturated carbocycles. The van der Waals surface area contributed by atoms with E-state index in [1.807, 2.05) is 0 Å². The molecule has 12 nitrogen and oxygen atoms in total. The van der Waals surface area contributed by atoms with Gasteiger partial charge in [0.2, 0.25) is 15.8 Å². The molecule has 1 heterocycles. The van der Waals surface area contributed by atoms with Crippen LogP contribution < -0.4 is 32.3 Å². The molecule has 1 aromatic carbocycles. The number of carbonyl (C=O) groups excluding carboxylic acids is 2. The molecule has 32 heavy (non-hydrogen) atoms. The average molecular weight is 470 g/mol. The van der Waals surface area contributed by atoms with Crippen LogP contribution in [0, 0.1) is 5.82 Å². The van der Waals surface area contributed by atoms with E-state index >= 15 is 0 Å². The summed E-state index contributed by atoms with van der Waals surface area (Å²) in [5.74, 6) is -1.24. The van der Waals surface area contributed by atoms with Gasteiger partial charge in [-0.3, -0.25) is 9.78 Å². The molecule has 3 amide bonds. The highest BCUT2D eigenvalue weighted by Gasteiger charge is 2.10. The predicted molar refractivity (Wildman–Crippen MR) is 113 cm³/mol. The van der Waals surface area contributed by atoms with E-state index in [0.717, 1.165) is 12.8 Å². The van der Waals surface area contributed by atoms with Gasteiger partial charge in [-0.15, -0.1) is 0 Å². The monoisotopic (exact) mass is 470 g/mol. The number of urea groups is 1. The maximum atomic E-state index is 13.2. The summed E-state index contributed by atoms with van der Waals surface area (Å²) in [6.07, 6.45) is 3.28. The SMILES string of the molecule is NS(=O)(=O)c1ccc(NC(=O)NCCCCCCNC(=O)n2cc(F)c(=O)[nH]c2=O)cc1. The number of carbonyl (C=O) groups is 2. The molecule has 0 bridgehead atoms. The minimum Gasteiger partial charge on any atom is -0.338 e. The van der Waals surface area contributed by atoms with Crippen molar-refractivity contribution in [3.63, 3.8) is 0 Å². The molecule has 174 valence electrons. The number of anilines is 1. The minimum absolute atomic E-state index is 0.0578. The number of aromatic nitrogens is 2. The van der Waals surface area contributed by atoms with Gasteiger partial charge in [0.15, 0.2) is 0 Å². The summed E-state index contributed by atoms with van der Waals surface area (Å²) in [4.78, 5) is 47.7. The van der Waals surface area contributed by atoms with Crippen molar-refractivity contribution in [2.45, 2.75) is 30.6 Å². The van der Waals surface area contributed by atoms with Crippen LogP contribution in [0.15, 0.2) is 44.9 Å². The number of nitrogens with two attached hydrogens (primary N) is 1. The lowest BCUT2D eigenvalue weighted by atomic mass is 10.2. The van der Waals surface area contributed by atoms with Crippen molar-refractivity contribution < 1.29 is 22.4 Å². The third kappa shape index (κ3) is 7.63. The molecule has 0 saturated heterocycles. The average Bonchev–Trinajstić information content (AvgIpc) is 2.72. The lowest BCUT2D eigenvalue weighted by Crippen LogP contribution is -2.40. The van der Waals surface area contributed by atoms with Gasteiger partial charge in [-0.05, 0) is 37.1 Å². The van der Waals surface area contributed by atoms with Crippen LogP contribution in [-0.4, -0.2) is 43.1 Å². The van der Waals surface area contributed by atoms with Gasteiger partial charge in [0.1, 0.15) is 0 Å². The highest BCUT2D eigenvalue weighted by atomic mass is 32.2. The number of halogens is 1. The molecule has 0 fully saturated rings. The summed E-state index contributed by atoms with van der Waals surface area (Å²) < 4.78 is 36.0. The van der Waals surface area contributed by atoms with Gasteiger partial charge in [0.25, 0.3) is 5.56 Å². The van der Waals surface area contributed by atoms with E-state index in [1.165, 1.54) is 24.3 Å². The van der Waals surface area contributed by atoms with Crippen molar-refractivity contribution in [2.75, 3.05) is 18.4 Å². The van der Waals surface area contributed by atoms with Gasteiger partial charge in [-0.25, -0.2) is 32.5 Å². The highest BCUT2D eigenvalue weighted by molar-refractivity contribution is 7.89. The largest absolute Gasteiger partial charge is 0.338 e. The van der Waals surface area contributed by atoms with Crippen molar-refractivity contribution in [3.05, 3.63) is 57.1 Å². The molecule has 14 heteroatoms. The summed E-state index contributed by atoms with van der Waals surface area (Å²) in [7, 11) is -3.79. The Kier molecular flexibility index (Phi) is 8.66. The molecule has 1 aromatic heterocycles. The number of aromatic amines is 1. The molecule has 0 aliphatic rings. The lowest BCUT2D eigenvalue weighted by Gasteiger charge is -2.09. The van der Waals surface area contributed by atoms with E-state index in [4.69, 9.17) is 5.14 Å². The second-order valence-electron chi connectivity index (χ2n) is 6.70. The Morgan fingerprint density at radius 2 is 1.59 bits per heavy atom. The van der Waals surface area contributed by atoms with Crippen LogP contribution in [-0.2, 0) is 10.0 Å².